The highest BCUT2D eigenvalue weighted by molar-refractivity contribution is 5.98. The molecule has 0 aromatic heterocycles. The fourth-order valence-electron chi connectivity index (χ4n) is 2.34. The van der Waals surface area contributed by atoms with Crippen LogP contribution in [0.5, 0.6) is 0 Å². The Balaban J connectivity index is 2.95. The first-order valence-electron chi connectivity index (χ1n) is 7.68. The summed E-state index contributed by atoms with van der Waals surface area (Å²) < 4.78 is 0. The molecule has 114 valence electrons. The van der Waals surface area contributed by atoms with Crippen molar-refractivity contribution in [3.8, 4) is 11.8 Å². The standard InChI is InChI=1S/C18H26N2O/c1-3-10-18(21,11-4-2)12-8-15-6-5-7-16(14-15)17(20)9-13-19/h5-7,14,20-21H,3-4,9-11,13,19H2,1-2H3. The van der Waals surface area contributed by atoms with Gasteiger partial charge in [0, 0.05) is 17.7 Å². The van der Waals surface area contributed by atoms with E-state index in [0.29, 0.717) is 31.5 Å². The summed E-state index contributed by atoms with van der Waals surface area (Å²) >= 11 is 0. The van der Waals surface area contributed by atoms with Crippen LogP contribution in [0.4, 0.5) is 0 Å². The highest BCUT2D eigenvalue weighted by Crippen LogP contribution is 2.18. The molecule has 0 spiro atoms. The minimum atomic E-state index is -0.899. The SMILES string of the molecule is CCCC(O)(C#Cc1cccc(C(=N)CCN)c1)CCC. The molecule has 0 aliphatic carbocycles. The molecule has 1 aromatic carbocycles. The van der Waals surface area contributed by atoms with E-state index in [4.69, 9.17) is 11.1 Å². The summed E-state index contributed by atoms with van der Waals surface area (Å²) in [6.07, 6.45) is 3.76. The predicted octanol–water partition coefficient (Wildman–Crippen LogP) is 3.09. The fourth-order valence-corrected chi connectivity index (χ4v) is 2.34. The van der Waals surface area contributed by atoms with Gasteiger partial charge in [-0.2, -0.15) is 0 Å². The normalized spacial score (nSPS) is 10.9. The van der Waals surface area contributed by atoms with Crippen molar-refractivity contribution in [2.75, 3.05) is 6.54 Å². The maximum atomic E-state index is 10.5. The lowest BCUT2D eigenvalue weighted by Crippen LogP contribution is -2.25. The molecule has 3 heteroatoms. The van der Waals surface area contributed by atoms with Gasteiger partial charge in [-0.05, 0) is 37.1 Å². The second-order valence-electron chi connectivity index (χ2n) is 5.38. The van der Waals surface area contributed by atoms with E-state index in [1.165, 1.54) is 0 Å². The van der Waals surface area contributed by atoms with Crippen molar-refractivity contribution in [3.63, 3.8) is 0 Å². The van der Waals surface area contributed by atoms with Crippen molar-refractivity contribution < 1.29 is 5.11 Å². The Hall–Kier alpha value is -1.63. The van der Waals surface area contributed by atoms with E-state index in [0.717, 1.165) is 24.0 Å². The van der Waals surface area contributed by atoms with E-state index in [1.54, 1.807) is 0 Å². The molecule has 3 nitrogen and oxygen atoms in total. The quantitative estimate of drug-likeness (QED) is 0.532. The van der Waals surface area contributed by atoms with E-state index < -0.39 is 5.60 Å². The molecule has 0 amide bonds. The number of benzene rings is 1. The van der Waals surface area contributed by atoms with Gasteiger partial charge in [-0.25, -0.2) is 0 Å². The summed E-state index contributed by atoms with van der Waals surface area (Å²) in [6, 6.07) is 7.59. The van der Waals surface area contributed by atoms with Crippen LogP contribution in [-0.2, 0) is 0 Å². The molecule has 0 saturated carbocycles. The number of hydrogen-bond donors (Lipinski definition) is 3. The molecule has 1 rings (SSSR count). The summed E-state index contributed by atoms with van der Waals surface area (Å²) in [4.78, 5) is 0. The number of nitrogens with one attached hydrogen (secondary N) is 1. The minimum absolute atomic E-state index is 0.474. The maximum Gasteiger partial charge on any atom is 0.125 e. The van der Waals surface area contributed by atoms with Gasteiger partial charge in [0.15, 0.2) is 0 Å². The largest absolute Gasteiger partial charge is 0.378 e. The van der Waals surface area contributed by atoms with Gasteiger partial charge >= 0.3 is 0 Å². The molecular weight excluding hydrogens is 260 g/mol. The summed E-state index contributed by atoms with van der Waals surface area (Å²) in [5, 5.41) is 18.4. The monoisotopic (exact) mass is 286 g/mol. The molecule has 0 unspecified atom stereocenters. The lowest BCUT2D eigenvalue weighted by atomic mass is 9.93. The first-order valence-corrected chi connectivity index (χ1v) is 7.68. The second kappa shape index (κ2) is 8.61. The van der Waals surface area contributed by atoms with Crippen molar-refractivity contribution in [1.82, 2.24) is 0 Å². The Labute approximate surface area is 128 Å². The van der Waals surface area contributed by atoms with Gasteiger partial charge in [0.25, 0.3) is 0 Å². The number of hydrogen-bond acceptors (Lipinski definition) is 3. The fraction of sp³-hybridized carbons (Fsp3) is 0.500. The van der Waals surface area contributed by atoms with Crippen LogP contribution < -0.4 is 5.73 Å². The van der Waals surface area contributed by atoms with E-state index in [1.807, 2.05) is 24.3 Å². The van der Waals surface area contributed by atoms with Crippen molar-refractivity contribution in [1.29, 1.82) is 5.41 Å². The molecule has 0 atom stereocenters. The van der Waals surface area contributed by atoms with Gasteiger partial charge in [-0.3, -0.25) is 0 Å². The Kier molecular flexibility index (Phi) is 7.14. The zero-order chi connectivity index (χ0) is 15.7. The van der Waals surface area contributed by atoms with Gasteiger partial charge in [0.05, 0.1) is 0 Å². The summed E-state index contributed by atoms with van der Waals surface area (Å²) in [5.41, 5.74) is 6.80. The summed E-state index contributed by atoms with van der Waals surface area (Å²) in [7, 11) is 0. The molecule has 0 bridgehead atoms. The third kappa shape index (κ3) is 5.71. The Bertz CT molecular complexity index is 520. The van der Waals surface area contributed by atoms with Crippen LogP contribution in [0.25, 0.3) is 0 Å². The van der Waals surface area contributed by atoms with Gasteiger partial charge in [0.1, 0.15) is 5.60 Å². The average Bonchev–Trinajstić information content (AvgIpc) is 2.46. The lowest BCUT2D eigenvalue weighted by Gasteiger charge is -2.20. The molecule has 1 aromatic rings. The summed E-state index contributed by atoms with van der Waals surface area (Å²) in [6.45, 7) is 4.58. The van der Waals surface area contributed by atoms with Crippen LogP contribution >= 0.6 is 0 Å². The van der Waals surface area contributed by atoms with E-state index in [9.17, 15) is 5.11 Å². The van der Waals surface area contributed by atoms with Crippen LogP contribution in [0.2, 0.25) is 0 Å². The molecular formula is C18H26N2O. The topological polar surface area (TPSA) is 70.1 Å². The Morgan fingerprint density at radius 3 is 2.52 bits per heavy atom. The smallest absolute Gasteiger partial charge is 0.125 e. The highest BCUT2D eigenvalue weighted by atomic mass is 16.3. The Morgan fingerprint density at radius 1 is 1.29 bits per heavy atom. The molecule has 0 heterocycles. The number of aliphatic hydroxyl groups is 1. The third-order valence-corrected chi connectivity index (χ3v) is 3.37. The van der Waals surface area contributed by atoms with Crippen LogP contribution in [0.1, 0.15) is 57.1 Å². The van der Waals surface area contributed by atoms with E-state index in [2.05, 4.69) is 25.7 Å². The third-order valence-electron chi connectivity index (χ3n) is 3.37. The minimum Gasteiger partial charge on any atom is -0.378 e. The Morgan fingerprint density at radius 2 is 1.95 bits per heavy atom. The first-order chi connectivity index (χ1) is 10.0. The second-order valence-corrected chi connectivity index (χ2v) is 5.38. The van der Waals surface area contributed by atoms with Crippen LogP contribution in [0, 0.1) is 17.3 Å². The van der Waals surface area contributed by atoms with Gasteiger partial charge in [-0.15, -0.1) is 0 Å². The highest BCUT2D eigenvalue weighted by Gasteiger charge is 2.21. The van der Waals surface area contributed by atoms with Crippen molar-refractivity contribution >= 4 is 5.71 Å². The molecule has 4 N–H and O–H groups in total. The molecule has 0 radical (unpaired) electrons. The van der Waals surface area contributed by atoms with E-state index >= 15 is 0 Å². The van der Waals surface area contributed by atoms with Gasteiger partial charge in [-0.1, -0.05) is 50.7 Å². The van der Waals surface area contributed by atoms with Gasteiger partial charge < -0.3 is 16.2 Å². The number of rotatable bonds is 7. The zero-order valence-electron chi connectivity index (χ0n) is 13.1. The van der Waals surface area contributed by atoms with Crippen LogP contribution in [0.3, 0.4) is 0 Å². The predicted molar refractivity (Wildman–Crippen MR) is 88.6 cm³/mol. The van der Waals surface area contributed by atoms with Crippen molar-refractivity contribution in [3.05, 3.63) is 35.4 Å². The molecule has 0 saturated heterocycles. The van der Waals surface area contributed by atoms with Crippen molar-refractivity contribution in [2.45, 2.75) is 51.6 Å². The van der Waals surface area contributed by atoms with Gasteiger partial charge in [0.2, 0.25) is 0 Å². The molecule has 0 aliphatic rings. The lowest BCUT2D eigenvalue weighted by molar-refractivity contribution is 0.0807. The molecule has 0 fully saturated rings. The number of nitrogens with two attached hydrogens (primary N) is 1. The first kappa shape index (κ1) is 17.4. The van der Waals surface area contributed by atoms with Crippen LogP contribution in [0.15, 0.2) is 24.3 Å². The molecule has 0 aliphatic heterocycles. The maximum absolute atomic E-state index is 10.5. The van der Waals surface area contributed by atoms with Crippen LogP contribution in [-0.4, -0.2) is 23.0 Å². The summed E-state index contributed by atoms with van der Waals surface area (Å²) in [5.74, 6) is 6.09. The molecule has 21 heavy (non-hydrogen) atoms. The van der Waals surface area contributed by atoms with E-state index in [-0.39, 0.29) is 0 Å². The average molecular weight is 286 g/mol. The van der Waals surface area contributed by atoms with Crippen molar-refractivity contribution in [2.24, 2.45) is 5.73 Å². The zero-order valence-corrected chi connectivity index (χ0v) is 13.1.